The van der Waals surface area contributed by atoms with Gasteiger partial charge in [-0.25, -0.2) is 0 Å². The lowest BCUT2D eigenvalue weighted by Gasteiger charge is -2.16. The molecule has 0 spiro atoms. The Bertz CT molecular complexity index is 625. The summed E-state index contributed by atoms with van der Waals surface area (Å²) in [5, 5.41) is 0.816. The smallest absolute Gasteiger partial charge is 0.119 e. The number of ether oxygens (including phenoxy) is 1. The van der Waals surface area contributed by atoms with E-state index in [1.807, 2.05) is 25.1 Å². The Morgan fingerprint density at radius 3 is 2.62 bits per heavy atom. The molecule has 0 fully saturated rings. The minimum atomic E-state index is 0.138. The van der Waals surface area contributed by atoms with Crippen molar-refractivity contribution in [3.8, 4) is 5.75 Å². The van der Waals surface area contributed by atoms with Crippen LogP contribution in [0.2, 0.25) is 5.02 Å². The Morgan fingerprint density at radius 1 is 1.14 bits per heavy atom. The maximum absolute atomic E-state index is 6.18. The SMILES string of the molecule is CCCOc1cccc(C(Br)c2cc(C)c(Cl)cc2C)c1. The summed E-state index contributed by atoms with van der Waals surface area (Å²) in [6.07, 6.45) is 1.01. The van der Waals surface area contributed by atoms with Crippen LogP contribution in [0.4, 0.5) is 0 Å². The Labute approximate surface area is 140 Å². The topological polar surface area (TPSA) is 9.23 Å². The molecule has 1 nitrogen and oxygen atoms in total. The monoisotopic (exact) mass is 366 g/mol. The van der Waals surface area contributed by atoms with Crippen LogP contribution in [0.25, 0.3) is 0 Å². The summed E-state index contributed by atoms with van der Waals surface area (Å²) in [6.45, 7) is 6.98. The summed E-state index contributed by atoms with van der Waals surface area (Å²) in [4.78, 5) is 0.138. The lowest BCUT2D eigenvalue weighted by atomic mass is 9.98. The zero-order chi connectivity index (χ0) is 15.4. The molecule has 0 aromatic heterocycles. The van der Waals surface area contributed by atoms with Gasteiger partial charge in [0.05, 0.1) is 11.4 Å². The summed E-state index contributed by atoms with van der Waals surface area (Å²) in [5.41, 5.74) is 4.71. The fourth-order valence-electron chi connectivity index (χ4n) is 2.24. The third-order valence-electron chi connectivity index (χ3n) is 3.44. The average molecular weight is 368 g/mol. The van der Waals surface area contributed by atoms with Gasteiger partial charge in [0.15, 0.2) is 0 Å². The normalized spacial score (nSPS) is 12.2. The van der Waals surface area contributed by atoms with Crippen molar-refractivity contribution in [3.05, 3.63) is 63.7 Å². The molecule has 1 unspecified atom stereocenters. The quantitative estimate of drug-likeness (QED) is 0.569. The van der Waals surface area contributed by atoms with Crippen molar-refractivity contribution < 1.29 is 4.74 Å². The maximum Gasteiger partial charge on any atom is 0.119 e. The predicted molar refractivity (Wildman–Crippen MR) is 93.9 cm³/mol. The molecular formula is C18H20BrClO. The molecule has 112 valence electrons. The first kappa shape index (κ1) is 16.4. The summed E-state index contributed by atoms with van der Waals surface area (Å²) in [5.74, 6) is 0.919. The molecule has 1 atom stereocenters. The summed E-state index contributed by atoms with van der Waals surface area (Å²) < 4.78 is 5.71. The molecule has 0 saturated heterocycles. The molecule has 0 heterocycles. The van der Waals surface area contributed by atoms with Crippen LogP contribution in [0.15, 0.2) is 36.4 Å². The van der Waals surface area contributed by atoms with Gasteiger partial charge in [-0.05, 0) is 60.7 Å². The first-order valence-corrected chi connectivity index (χ1v) is 8.45. The van der Waals surface area contributed by atoms with Crippen LogP contribution >= 0.6 is 27.5 Å². The van der Waals surface area contributed by atoms with Crippen molar-refractivity contribution in [2.24, 2.45) is 0 Å². The van der Waals surface area contributed by atoms with Gasteiger partial charge in [-0.3, -0.25) is 0 Å². The van der Waals surface area contributed by atoms with E-state index in [1.165, 1.54) is 16.7 Å². The predicted octanol–water partition coefficient (Wildman–Crippen LogP) is 6.23. The van der Waals surface area contributed by atoms with Crippen LogP contribution in [0.3, 0.4) is 0 Å². The van der Waals surface area contributed by atoms with Gasteiger partial charge in [-0.2, -0.15) is 0 Å². The minimum Gasteiger partial charge on any atom is -0.494 e. The molecule has 0 aliphatic carbocycles. The van der Waals surface area contributed by atoms with Gasteiger partial charge in [0.2, 0.25) is 0 Å². The van der Waals surface area contributed by atoms with E-state index in [0.29, 0.717) is 0 Å². The van der Waals surface area contributed by atoms with Gasteiger partial charge in [-0.15, -0.1) is 0 Å². The number of rotatable bonds is 5. The maximum atomic E-state index is 6.18. The molecule has 0 aliphatic heterocycles. The highest BCUT2D eigenvalue weighted by molar-refractivity contribution is 9.09. The van der Waals surface area contributed by atoms with Crippen LogP contribution in [-0.4, -0.2) is 6.61 Å². The van der Waals surface area contributed by atoms with Crippen LogP contribution in [0.1, 0.15) is 40.4 Å². The number of benzene rings is 2. The first-order valence-electron chi connectivity index (χ1n) is 7.16. The molecule has 0 aliphatic rings. The molecule has 2 aromatic rings. The summed E-state index contributed by atoms with van der Waals surface area (Å²) >= 11 is 9.99. The zero-order valence-electron chi connectivity index (χ0n) is 12.6. The Hall–Kier alpha value is -0.990. The van der Waals surface area contributed by atoms with E-state index in [2.05, 4.69) is 48.0 Å². The van der Waals surface area contributed by atoms with E-state index in [1.54, 1.807) is 0 Å². The van der Waals surface area contributed by atoms with Crippen molar-refractivity contribution in [3.63, 3.8) is 0 Å². The fourth-order valence-corrected chi connectivity index (χ4v) is 3.23. The second kappa shape index (κ2) is 7.33. The van der Waals surface area contributed by atoms with Crippen molar-refractivity contribution >= 4 is 27.5 Å². The highest BCUT2D eigenvalue weighted by Crippen LogP contribution is 2.36. The number of alkyl halides is 1. The zero-order valence-corrected chi connectivity index (χ0v) is 15.0. The van der Waals surface area contributed by atoms with Crippen LogP contribution in [0, 0.1) is 13.8 Å². The van der Waals surface area contributed by atoms with Crippen molar-refractivity contribution in [2.75, 3.05) is 6.61 Å². The van der Waals surface area contributed by atoms with E-state index in [-0.39, 0.29) is 4.83 Å². The molecule has 21 heavy (non-hydrogen) atoms. The number of halogens is 2. The molecule has 0 saturated carbocycles. The second-order valence-electron chi connectivity index (χ2n) is 5.24. The summed E-state index contributed by atoms with van der Waals surface area (Å²) in [7, 11) is 0. The largest absolute Gasteiger partial charge is 0.494 e. The molecule has 2 aromatic carbocycles. The second-order valence-corrected chi connectivity index (χ2v) is 6.56. The Morgan fingerprint density at radius 2 is 1.90 bits per heavy atom. The lowest BCUT2D eigenvalue weighted by Crippen LogP contribution is -1.99. The molecule has 3 heteroatoms. The lowest BCUT2D eigenvalue weighted by molar-refractivity contribution is 0.317. The van der Waals surface area contributed by atoms with E-state index in [4.69, 9.17) is 16.3 Å². The van der Waals surface area contributed by atoms with Gasteiger partial charge in [-0.1, -0.05) is 52.7 Å². The number of hydrogen-bond donors (Lipinski definition) is 0. The van der Waals surface area contributed by atoms with Crippen LogP contribution in [-0.2, 0) is 0 Å². The Balaban J connectivity index is 2.31. The first-order chi connectivity index (χ1) is 10.0. The third-order valence-corrected chi connectivity index (χ3v) is 4.87. The Kier molecular flexibility index (Phi) is 5.72. The fraction of sp³-hybridized carbons (Fsp3) is 0.333. The molecule has 0 radical (unpaired) electrons. The average Bonchev–Trinajstić information content (AvgIpc) is 2.48. The molecule has 2 rings (SSSR count). The van der Waals surface area contributed by atoms with E-state index < -0.39 is 0 Å². The molecule has 0 N–H and O–H groups in total. The van der Waals surface area contributed by atoms with Crippen molar-refractivity contribution in [2.45, 2.75) is 32.0 Å². The van der Waals surface area contributed by atoms with Gasteiger partial charge < -0.3 is 4.74 Å². The standard InChI is InChI=1S/C18H20BrClO/c1-4-8-21-15-7-5-6-14(11-15)18(19)16-9-13(3)17(20)10-12(16)2/h5-7,9-11,18H,4,8H2,1-3H3. The van der Waals surface area contributed by atoms with E-state index in [0.717, 1.165) is 29.4 Å². The van der Waals surface area contributed by atoms with Gasteiger partial charge in [0.1, 0.15) is 5.75 Å². The number of aryl methyl sites for hydroxylation is 2. The van der Waals surface area contributed by atoms with Crippen LogP contribution < -0.4 is 4.74 Å². The van der Waals surface area contributed by atoms with E-state index >= 15 is 0 Å². The van der Waals surface area contributed by atoms with Crippen molar-refractivity contribution in [1.29, 1.82) is 0 Å². The van der Waals surface area contributed by atoms with Crippen molar-refractivity contribution in [1.82, 2.24) is 0 Å². The van der Waals surface area contributed by atoms with Gasteiger partial charge in [0.25, 0.3) is 0 Å². The van der Waals surface area contributed by atoms with Gasteiger partial charge >= 0.3 is 0 Å². The van der Waals surface area contributed by atoms with Gasteiger partial charge in [0, 0.05) is 5.02 Å². The molecular weight excluding hydrogens is 348 g/mol. The molecule has 0 amide bonds. The minimum absolute atomic E-state index is 0.138. The highest BCUT2D eigenvalue weighted by atomic mass is 79.9. The van der Waals surface area contributed by atoms with Crippen LogP contribution in [0.5, 0.6) is 5.75 Å². The third kappa shape index (κ3) is 4.02. The molecule has 0 bridgehead atoms. The highest BCUT2D eigenvalue weighted by Gasteiger charge is 2.15. The van der Waals surface area contributed by atoms with E-state index in [9.17, 15) is 0 Å². The number of hydrogen-bond acceptors (Lipinski definition) is 1. The summed E-state index contributed by atoms with van der Waals surface area (Å²) in [6, 6.07) is 12.4.